The third-order valence-corrected chi connectivity index (χ3v) is 3.28. The van der Waals surface area contributed by atoms with Crippen LogP contribution in [0.5, 0.6) is 5.75 Å². The van der Waals surface area contributed by atoms with Crippen LogP contribution < -0.4 is 10.1 Å². The van der Waals surface area contributed by atoms with E-state index in [2.05, 4.69) is 5.32 Å². The number of benzene rings is 1. The number of esters is 1. The fourth-order valence-corrected chi connectivity index (χ4v) is 1.78. The van der Waals surface area contributed by atoms with Gasteiger partial charge in [0.25, 0.3) is 0 Å². The molecule has 0 heterocycles. The minimum Gasteiger partial charge on any atom is -0.494 e. The lowest BCUT2D eigenvalue weighted by molar-refractivity contribution is -0.148. The Balaban J connectivity index is 2.15. The van der Waals surface area contributed by atoms with Crippen molar-refractivity contribution in [1.29, 1.82) is 0 Å². The van der Waals surface area contributed by atoms with Gasteiger partial charge in [0.15, 0.2) is 0 Å². The lowest BCUT2D eigenvalue weighted by atomic mass is 10.0. The van der Waals surface area contributed by atoms with E-state index in [0.717, 1.165) is 13.0 Å². The Kier molecular flexibility index (Phi) is 7.75. The predicted octanol–water partition coefficient (Wildman–Crippen LogP) is 2.77. The highest BCUT2D eigenvalue weighted by atomic mass is 19.1. The Morgan fingerprint density at radius 2 is 1.95 bits per heavy atom. The van der Waals surface area contributed by atoms with Crippen LogP contribution in [-0.4, -0.2) is 31.8 Å². The highest BCUT2D eigenvalue weighted by Gasteiger charge is 2.20. The second kappa shape index (κ2) is 9.34. The summed E-state index contributed by atoms with van der Waals surface area (Å²) in [4.78, 5) is 11.6. The SMILES string of the molecule is CCOC(=O)[C@H](C)[C@@H](C)NCCCOc1ccc(F)cc1. The molecular weight excluding hydrogens is 273 g/mol. The average Bonchev–Trinajstić information content (AvgIpc) is 2.48. The minimum atomic E-state index is -0.272. The molecule has 0 fully saturated rings. The molecule has 0 unspecified atom stereocenters. The maximum atomic E-state index is 12.7. The fraction of sp³-hybridized carbons (Fsp3) is 0.562. The minimum absolute atomic E-state index is 0.0508. The first kappa shape index (κ1) is 17.4. The highest BCUT2D eigenvalue weighted by Crippen LogP contribution is 2.11. The Bertz CT molecular complexity index is 422. The first-order valence-electron chi connectivity index (χ1n) is 7.33. The van der Waals surface area contributed by atoms with E-state index in [1.165, 1.54) is 12.1 Å². The van der Waals surface area contributed by atoms with E-state index >= 15 is 0 Å². The van der Waals surface area contributed by atoms with Gasteiger partial charge in [0.05, 0.1) is 19.1 Å². The third-order valence-electron chi connectivity index (χ3n) is 3.28. The van der Waals surface area contributed by atoms with Crippen molar-refractivity contribution in [2.45, 2.75) is 33.2 Å². The van der Waals surface area contributed by atoms with Gasteiger partial charge in [-0.1, -0.05) is 6.92 Å². The van der Waals surface area contributed by atoms with E-state index < -0.39 is 0 Å². The second-order valence-corrected chi connectivity index (χ2v) is 4.94. The maximum Gasteiger partial charge on any atom is 0.310 e. The van der Waals surface area contributed by atoms with E-state index in [1.807, 2.05) is 13.8 Å². The molecule has 0 spiro atoms. The van der Waals surface area contributed by atoms with E-state index in [1.54, 1.807) is 19.1 Å². The summed E-state index contributed by atoms with van der Waals surface area (Å²) in [6.07, 6.45) is 0.803. The zero-order valence-electron chi connectivity index (χ0n) is 12.9. The monoisotopic (exact) mass is 297 g/mol. The first-order chi connectivity index (χ1) is 10.0. The van der Waals surface area contributed by atoms with Gasteiger partial charge in [-0.15, -0.1) is 0 Å². The average molecular weight is 297 g/mol. The summed E-state index contributed by atoms with van der Waals surface area (Å²) in [5, 5.41) is 3.28. The topological polar surface area (TPSA) is 47.6 Å². The van der Waals surface area contributed by atoms with Crippen LogP contribution in [0.2, 0.25) is 0 Å². The molecule has 4 nitrogen and oxygen atoms in total. The number of hydrogen-bond donors (Lipinski definition) is 1. The number of carbonyl (C=O) groups excluding carboxylic acids is 1. The summed E-state index contributed by atoms with van der Waals surface area (Å²) in [7, 11) is 0. The molecule has 0 radical (unpaired) electrons. The summed E-state index contributed by atoms with van der Waals surface area (Å²) in [6, 6.07) is 6.00. The molecule has 0 bridgehead atoms. The van der Waals surface area contributed by atoms with Crippen LogP contribution in [0.15, 0.2) is 24.3 Å². The number of rotatable bonds is 9. The zero-order valence-corrected chi connectivity index (χ0v) is 12.9. The van der Waals surface area contributed by atoms with Gasteiger partial charge in [0.2, 0.25) is 0 Å². The van der Waals surface area contributed by atoms with E-state index in [4.69, 9.17) is 9.47 Å². The van der Waals surface area contributed by atoms with Crippen LogP contribution in [0.4, 0.5) is 4.39 Å². The molecule has 0 aromatic heterocycles. The summed E-state index contributed by atoms with van der Waals surface area (Å²) in [6.45, 7) is 7.30. The maximum absolute atomic E-state index is 12.7. The van der Waals surface area contributed by atoms with Gasteiger partial charge in [-0.05, 0) is 51.1 Å². The van der Waals surface area contributed by atoms with Gasteiger partial charge in [-0.2, -0.15) is 0 Å². The van der Waals surface area contributed by atoms with Crippen molar-refractivity contribution < 1.29 is 18.7 Å². The third kappa shape index (κ3) is 6.58. The quantitative estimate of drug-likeness (QED) is 0.562. The van der Waals surface area contributed by atoms with Crippen molar-refractivity contribution >= 4 is 5.97 Å². The van der Waals surface area contributed by atoms with Crippen LogP contribution in [0.1, 0.15) is 27.2 Å². The highest BCUT2D eigenvalue weighted by molar-refractivity contribution is 5.72. The van der Waals surface area contributed by atoms with Gasteiger partial charge < -0.3 is 14.8 Å². The molecule has 0 aliphatic carbocycles. The van der Waals surface area contributed by atoms with Crippen LogP contribution in [0.25, 0.3) is 0 Å². The molecule has 0 aliphatic rings. The molecule has 1 aromatic carbocycles. The Labute approximate surface area is 125 Å². The van der Waals surface area contributed by atoms with Crippen molar-refractivity contribution in [2.24, 2.45) is 5.92 Å². The summed E-state index contributed by atoms with van der Waals surface area (Å²) < 4.78 is 23.2. The molecule has 1 N–H and O–H groups in total. The Hall–Kier alpha value is -1.62. The molecule has 0 aliphatic heterocycles. The molecule has 5 heteroatoms. The Morgan fingerprint density at radius 3 is 2.57 bits per heavy atom. The predicted molar refractivity (Wildman–Crippen MR) is 79.8 cm³/mol. The van der Waals surface area contributed by atoms with Crippen LogP contribution in [-0.2, 0) is 9.53 Å². The second-order valence-electron chi connectivity index (χ2n) is 4.94. The molecule has 1 aromatic rings. The lowest BCUT2D eigenvalue weighted by Crippen LogP contribution is -2.37. The molecule has 0 amide bonds. The first-order valence-corrected chi connectivity index (χ1v) is 7.33. The normalized spacial score (nSPS) is 13.5. The lowest BCUT2D eigenvalue weighted by Gasteiger charge is -2.19. The summed E-state index contributed by atoms with van der Waals surface area (Å²) >= 11 is 0. The van der Waals surface area contributed by atoms with Gasteiger partial charge in [-0.3, -0.25) is 4.79 Å². The van der Waals surface area contributed by atoms with E-state index in [0.29, 0.717) is 19.0 Å². The summed E-state index contributed by atoms with van der Waals surface area (Å²) in [5.41, 5.74) is 0. The summed E-state index contributed by atoms with van der Waals surface area (Å²) in [5.74, 6) is 0.0261. The largest absolute Gasteiger partial charge is 0.494 e. The van der Waals surface area contributed by atoms with Crippen molar-refractivity contribution in [2.75, 3.05) is 19.8 Å². The number of halogens is 1. The smallest absolute Gasteiger partial charge is 0.310 e. The number of ether oxygens (including phenoxy) is 2. The molecule has 0 saturated carbocycles. The number of nitrogens with one attached hydrogen (secondary N) is 1. The molecular formula is C16H24FNO3. The standard InChI is InChI=1S/C16H24FNO3/c1-4-20-16(19)12(2)13(3)18-10-5-11-21-15-8-6-14(17)7-9-15/h6-9,12-13,18H,4-5,10-11H2,1-3H3/t12-,13-/m1/s1. The molecule has 118 valence electrons. The van der Waals surface area contributed by atoms with Gasteiger partial charge in [-0.25, -0.2) is 4.39 Å². The molecule has 2 atom stereocenters. The van der Waals surface area contributed by atoms with Gasteiger partial charge in [0.1, 0.15) is 11.6 Å². The van der Waals surface area contributed by atoms with Crippen LogP contribution in [0, 0.1) is 11.7 Å². The molecule has 1 rings (SSSR count). The number of carbonyl (C=O) groups is 1. The molecule has 0 saturated heterocycles. The fourth-order valence-electron chi connectivity index (χ4n) is 1.78. The Morgan fingerprint density at radius 1 is 1.29 bits per heavy atom. The molecule has 21 heavy (non-hydrogen) atoms. The van der Waals surface area contributed by atoms with Crippen molar-refractivity contribution in [3.05, 3.63) is 30.1 Å². The van der Waals surface area contributed by atoms with E-state index in [9.17, 15) is 9.18 Å². The number of hydrogen-bond acceptors (Lipinski definition) is 4. The van der Waals surface area contributed by atoms with Crippen molar-refractivity contribution in [1.82, 2.24) is 5.32 Å². The van der Waals surface area contributed by atoms with Crippen molar-refractivity contribution in [3.63, 3.8) is 0 Å². The van der Waals surface area contributed by atoms with Crippen molar-refractivity contribution in [3.8, 4) is 5.75 Å². The zero-order chi connectivity index (χ0) is 15.7. The van der Waals surface area contributed by atoms with Crippen LogP contribution >= 0.6 is 0 Å². The van der Waals surface area contributed by atoms with Gasteiger partial charge >= 0.3 is 5.97 Å². The van der Waals surface area contributed by atoms with Gasteiger partial charge in [0, 0.05) is 6.04 Å². The van der Waals surface area contributed by atoms with Crippen LogP contribution in [0.3, 0.4) is 0 Å². The van der Waals surface area contributed by atoms with E-state index in [-0.39, 0.29) is 23.7 Å².